The van der Waals surface area contributed by atoms with Crippen molar-refractivity contribution in [2.24, 2.45) is 11.7 Å². The van der Waals surface area contributed by atoms with Gasteiger partial charge in [-0.3, -0.25) is 0 Å². The molecule has 1 saturated heterocycles. The monoisotopic (exact) mass is 266 g/mol. The number of benzene rings is 1. The number of hydrogen-bond acceptors (Lipinski definition) is 3. The molecule has 1 heterocycles. The molecule has 0 aromatic heterocycles. The fraction of sp³-hybridized carbons (Fsp3) is 0.538. The topological polar surface area (TPSA) is 63.4 Å². The highest BCUT2D eigenvalue weighted by molar-refractivity contribution is 7.89. The molecule has 2 fully saturated rings. The van der Waals surface area contributed by atoms with Crippen LogP contribution >= 0.6 is 0 Å². The Kier molecular flexibility index (Phi) is 2.56. The summed E-state index contributed by atoms with van der Waals surface area (Å²) >= 11 is 0. The van der Waals surface area contributed by atoms with E-state index in [1.54, 1.807) is 12.1 Å². The highest BCUT2D eigenvalue weighted by Gasteiger charge is 2.53. The summed E-state index contributed by atoms with van der Waals surface area (Å²) in [6.07, 6.45) is 2.30. The van der Waals surface area contributed by atoms with Gasteiger partial charge in [0.1, 0.15) is 0 Å². The predicted octanol–water partition coefficient (Wildman–Crippen LogP) is 1.11. The van der Waals surface area contributed by atoms with Gasteiger partial charge in [-0.05, 0) is 37.8 Å². The first kappa shape index (κ1) is 12.1. The lowest BCUT2D eigenvalue weighted by Gasteiger charge is -2.47. The van der Waals surface area contributed by atoms with E-state index >= 15 is 0 Å². The van der Waals surface area contributed by atoms with Crippen molar-refractivity contribution in [3.8, 4) is 0 Å². The van der Waals surface area contributed by atoms with Gasteiger partial charge in [-0.2, -0.15) is 4.31 Å². The van der Waals surface area contributed by atoms with Gasteiger partial charge in [0.2, 0.25) is 10.0 Å². The van der Waals surface area contributed by atoms with Gasteiger partial charge in [-0.1, -0.05) is 17.7 Å². The van der Waals surface area contributed by atoms with Gasteiger partial charge in [0.15, 0.2) is 0 Å². The molecule has 1 aromatic rings. The van der Waals surface area contributed by atoms with E-state index in [0.717, 1.165) is 18.4 Å². The zero-order valence-electron chi connectivity index (χ0n) is 10.5. The maximum Gasteiger partial charge on any atom is 0.243 e. The van der Waals surface area contributed by atoms with Crippen LogP contribution in [0.2, 0.25) is 0 Å². The minimum absolute atomic E-state index is 0.266. The third-order valence-electron chi connectivity index (χ3n) is 3.99. The van der Waals surface area contributed by atoms with Crippen molar-refractivity contribution < 1.29 is 8.42 Å². The van der Waals surface area contributed by atoms with Gasteiger partial charge in [0.05, 0.1) is 4.90 Å². The number of aryl methyl sites for hydroxylation is 1. The molecule has 1 aliphatic heterocycles. The molecule has 1 saturated carbocycles. The zero-order chi connectivity index (χ0) is 13.0. The molecule has 3 rings (SSSR count). The molecular formula is C13H18N2O2S. The Hall–Kier alpha value is -0.910. The molecule has 0 unspecified atom stereocenters. The fourth-order valence-electron chi connectivity index (χ4n) is 2.56. The third-order valence-corrected chi connectivity index (χ3v) is 5.80. The van der Waals surface area contributed by atoms with Crippen LogP contribution in [0.25, 0.3) is 0 Å². The van der Waals surface area contributed by atoms with Crippen LogP contribution in [0.3, 0.4) is 0 Å². The van der Waals surface area contributed by atoms with Gasteiger partial charge >= 0.3 is 0 Å². The fourth-order valence-corrected chi connectivity index (χ4v) is 4.15. The van der Waals surface area contributed by atoms with Crippen LogP contribution < -0.4 is 5.73 Å². The Morgan fingerprint density at radius 2 is 1.78 bits per heavy atom. The first-order valence-electron chi connectivity index (χ1n) is 6.27. The average molecular weight is 266 g/mol. The van der Waals surface area contributed by atoms with Crippen LogP contribution in [0.5, 0.6) is 0 Å². The van der Waals surface area contributed by atoms with Crippen molar-refractivity contribution in [1.82, 2.24) is 4.31 Å². The standard InChI is InChI=1S/C13H18N2O2S/c1-10-2-6-12(7-3-10)18(16,17)15-8-13(14,9-15)11-4-5-11/h2-3,6-7,11H,4-5,8-9,14H2,1H3. The van der Waals surface area contributed by atoms with Gasteiger partial charge < -0.3 is 5.73 Å². The summed E-state index contributed by atoms with van der Waals surface area (Å²) in [4.78, 5) is 0.367. The van der Waals surface area contributed by atoms with Crippen molar-refractivity contribution in [1.29, 1.82) is 0 Å². The second-order valence-corrected chi connectivity index (χ2v) is 7.53. The molecule has 0 bridgehead atoms. The Balaban J connectivity index is 1.78. The molecule has 1 aliphatic carbocycles. The second-order valence-electron chi connectivity index (χ2n) is 5.59. The first-order chi connectivity index (χ1) is 8.42. The zero-order valence-corrected chi connectivity index (χ0v) is 11.3. The van der Waals surface area contributed by atoms with Crippen molar-refractivity contribution in [3.05, 3.63) is 29.8 Å². The molecule has 0 amide bonds. The minimum Gasteiger partial charge on any atom is -0.323 e. The van der Waals surface area contributed by atoms with Crippen LogP contribution in [0.1, 0.15) is 18.4 Å². The Labute approximate surface area is 108 Å². The SMILES string of the molecule is Cc1ccc(S(=O)(=O)N2CC(N)(C3CC3)C2)cc1. The first-order valence-corrected chi connectivity index (χ1v) is 7.71. The van der Waals surface area contributed by atoms with Crippen LogP contribution in [0, 0.1) is 12.8 Å². The van der Waals surface area contributed by atoms with E-state index in [2.05, 4.69) is 0 Å². The van der Waals surface area contributed by atoms with E-state index < -0.39 is 10.0 Å². The van der Waals surface area contributed by atoms with E-state index in [1.807, 2.05) is 19.1 Å². The van der Waals surface area contributed by atoms with E-state index in [4.69, 9.17) is 5.73 Å². The highest BCUT2D eigenvalue weighted by atomic mass is 32.2. The third kappa shape index (κ3) is 1.86. The lowest BCUT2D eigenvalue weighted by atomic mass is 9.88. The van der Waals surface area contributed by atoms with E-state index in [-0.39, 0.29) is 5.54 Å². The Morgan fingerprint density at radius 1 is 1.22 bits per heavy atom. The number of nitrogens with two attached hydrogens (primary N) is 1. The van der Waals surface area contributed by atoms with Gasteiger partial charge in [-0.25, -0.2) is 8.42 Å². The minimum atomic E-state index is -3.34. The lowest BCUT2D eigenvalue weighted by Crippen LogP contribution is -2.69. The molecule has 2 aliphatic rings. The number of nitrogens with zero attached hydrogens (tertiary/aromatic N) is 1. The Morgan fingerprint density at radius 3 is 2.28 bits per heavy atom. The second kappa shape index (κ2) is 3.79. The molecule has 4 nitrogen and oxygen atoms in total. The number of rotatable bonds is 3. The molecule has 18 heavy (non-hydrogen) atoms. The molecule has 5 heteroatoms. The smallest absolute Gasteiger partial charge is 0.243 e. The largest absolute Gasteiger partial charge is 0.323 e. The predicted molar refractivity (Wildman–Crippen MR) is 69.6 cm³/mol. The lowest BCUT2D eigenvalue weighted by molar-refractivity contribution is 0.135. The van der Waals surface area contributed by atoms with Crippen molar-refractivity contribution in [2.45, 2.75) is 30.2 Å². The van der Waals surface area contributed by atoms with Crippen LogP contribution in [-0.4, -0.2) is 31.4 Å². The molecule has 2 N–H and O–H groups in total. The van der Waals surface area contributed by atoms with Crippen LogP contribution in [0.15, 0.2) is 29.2 Å². The van der Waals surface area contributed by atoms with Gasteiger partial charge in [-0.15, -0.1) is 0 Å². The summed E-state index contributed by atoms with van der Waals surface area (Å²) in [5.41, 5.74) is 6.98. The van der Waals surface area contributed by atoms with Crippen molar-refractivity contribution in [2.75, 3.05) is 13.1 Å². The molecule has 98 valence electrons. The molecular weight excluding hydrogens is 248 g/mol. The van der Waals surface area contributed by atoms with E-state index in [1.165, 1.54) is 4.31 Å². The Bertz CT molecular complexity index is 555. The van der Waals surface area contributed by atoms with E-state index in [9.17, 15) is 8.42 Å². The molecule has 1 aromatic carbocycles. The molecule has 0 atom stereocenters. The maximum absolute atomic E-state index is 12.3. The molecule has 0 radical (unpaired) electrons. The summed E-state index contributed by atoms with van der Waals surface area (Å²) in [5, 5.41) is 0. The summed E-state index contributed by atoms with van der Waals surface area (Å²) < 4.78 is 26.1. The molecule has 0 spiro atoms. The van der Waals surface area contributed by atoms with Crippen molar-refractivity contribution >= 4 is 10.0 Å². The van der Waals surface area contributed by atoms with Crippen LogP contribution in [-0.2, 0) is 10.0 Å². The van der Waals surface area contributed by atoms with Crippen LogP contribution in [0.4, 0.5) is 0 Å². The highest BCUT2D eigenvalue weighted by Crippen LogP contribution is 2.44. The number of hydrogen-bond donors (Lipinski definition) is 1. The van der Waals surface area contributed by atoms with Crippen molar-refractivity contribution in [3.63, 3.8) is 0 Å². The van der Waals surface area contributed by atoms with Gasteiger partial charge in [0, 0.05) is 18.6 Å². The van der Waals surface area contributed by atoms with E-state index in [0.29, 0.717) is 23.9 Å². The summed E-state index contributed by atoms with van der Waals surface area (Å²) in [6.45, 7) is 2.87. The average Bonchev–Trinajstić information content (AvgIpc) is 3.09. The maximum atomic E-state index is 12.3. The summed E-state index contributed by atoms with van der Waals surface area (Å²) in [5.74, 6) is 0.530. The number of sulfonamides is 1. The summed E-state index contributed by atoms with van der Waals surface area (Å²) in [6, 6.07) is 6.98. The normalized spacial score (nSPS) is 23.7. The summed E-state index contributed by atoms with van der Waals surface area (Å²) in [7, 11) is -3.34. The quantitative estimate of drug-likeness (QED) is 0.891. The van der Waals surface area contributed by atoms with Gasteiger partial charge in [0.25, 0.3) is 0 Å².